The van der Waals surface area contributed by atoms with Gasteiger partial charge in [0.2, 0.25) is 0 Å². The Labute approximate surface area is 301 Å². The van der Waals surface area contributed by atoms with E-state index in [1.807, 2.05) is 0 Å². The van der Waals surface area contributed by atoms with Gasteiger partial charge in [-0.05, 0) is 112 Å². The predicted molar refractivity (Wildman–Crippen MR) is 218 cm³/mol. The van der Waals surface area contributed by atoms with Crippen LogP contribution in [0.3, 0.4) is 0 Å². The van der Waals surface area contributed by atoms with Crippen molar-refractivity contribution in [2.45, 2.75) is 26.3 Å². The van der Waals surface area contributed by atoms with Crippen molar-refractivity contribution < 1.29 is 0 Å². The largest absolute Gasteiger partial charge is 0.376 e. The molecule has 6 aromatic rings. The number of fused-ring (bicyclic) bond motifs is 5. The van der Waals surface area contributed by atoms with E-state index >= 15 is 0 Å². The Morgan fingerprint density at radius 1 is 0.627 bits per heavy atom. The van der Waals surface area contributed by atoms with Gasteiger partial charge in [-0.3, -0.25) is 0 Å². The zero-order chi connectivity index (χ0) is 34.6. The molecule has 3 nitrogen and oxygen atoms in total. The fraction of sp³-hybridized carbons (Fsp3) is 0.167. The van der Waals surface area contributed by atoms with E-state index in [4.69, 9.17) is 0 Å². The van der Waals surface area contributed by atoms with Crippen molar-refractivity contribution in [3.8, 4) is 22.3 Å². The molecule has 51 heavy (non-hydrogen) atoms. The van der Waals surface area contributed by atoms with Crippen LogP contribution in [0.4, 0.5) is 0 Å². The molecule has 0 amide bonds. The minimum Gasteiger partial charge on any atom is -0.376 e. The van der Waals surface area contributed by atoms with Crippen LogP contribution in [0.5, 0.6) is 0 Å². The van der Waals surface area contributed by atoms with Crippen molar-refractivity contribution in [1.82, 2.24) is 14.4 Å². The van der Waals surface area contributed by atoms with Crippen molar-refractivity contribution in [3.63, 3.8) is 0 Å². The van der Waals surface area contributed by atoms with E-state index in [-0.39, 0.29) is 6.04 Å². The van der Waals surface area contributed by atoms with E-state index in [0.29, 0.717) is 5.92 Å². The first kappa shape index (κ1) is 31.2. The second-order valence-electron chi connectivity index (χ2n) is 14.6. The van der Waals surface area contributed by atoms with Crippen molar-refractivity contribution in [2.75, 3.05) is 20.6 Å². The fourth-order valence-electron chi connectivity index (χ4n) is 8.23. The molecule has 1 aromatic heterocycles. The van der Waals surface area contributed by atoms with Crippen LogP contribution < -0.4 is 0 Å². The molecule has 2 unspecified atom stereocenters. The monoisotopic (exact) mass is 661 g/mol. The summed E-state index contributed by atoms with van der Waals surface area (Å²) in [4.78, 5) is 4.60. The SMILES string of the molecule is CC1=C(C2C=C(c3ccc4c(ccc5c6ccc(-c7cccc(-c8ccccc8)c7)cc6n(C6=CC(C)CC=C6)c45)c3)C=CN2C)CN(C)C=C1. The zero-order valence-electron chi connectivity index (χ0n) is 29.8. The van der Waals surface area contributed by atoms with Crippen LogP contribution in [-0.4, -0.2) is 41.0 Å². The lowest BCUT2D eigenvalue weighted by Crippen LogP contribution is -2.35. The number of hydrogen-bond donors (Lipinski definition) is 0. The van der Waals surface area contributed by atoms with Crippen LogP contribution >= 0.6 is 0 Å². The zero-order valence-corrected chi connectivity index (χ0v) is 29.8. The average Bonchev–Trinajstić information content (AvgIpc) is 3.50. The molecule has 2 aliphatic heterocycles. The Balaban J connectivity index is 1.20. The molecule has 250 valence electrons. The lowest BCUT2D eigenvalue weighted by molar-refractivity contribution is 0.383. The quantitative estimate of drug-likeness (QED) is 0.182. The molecule has 1 aliphatic carbocycles. The van der Waals surface area contributed by atoms with E-state index in [2.05, 4.69) is 194 Å². The summed E-state index contributed by atoms with van der Waals surface area (Å²) in [6.45, 7) is 5.50. The Morgan fingerprint density at radius 3 is 2.22 bits per heavy atom. The number of nitrogens with zero attached hydrogens (tertiary/aromatic N) is 3. The molecule has 3 heteroatoms. The summed E-state index contributed by atoms with van der Waals surface area (Å²) in [7, 11) is 4.34. The van der Waals surface area contributed by atoms with Crippen LogP contribution in [-0.2, 0) is 0 Å². The molecule has 0 fully saturated rings. The van der Waals surface area contributed by atoms with Crippen molar-refractivity contribution in [1.29, 1.82) is 0 Å². The number of aromatic nitrogens is 1. The van der Waals surface area contributed by atoms with Crippen LogP contribution in [0.25, 0.3) is 66.1 Å². The van der Waals surface area contributed by atoms with Crippen molar-refractivity contribution in [2.24, 2.45) is 5.92 Å². The highest BCUT2D eigenvalue weighted by atomic mass is 15.1. The molecule has 9 rings (SSSR count). The lowest BCUT2D eigenvalue weighted by Gasteiger charge is -2.34. The molecule has 0 saturated carbocycles. The maximum absolute atomic E-state index is 2.52. The minimum absolute atomic E-state index is 0.229. The second-order valence-corrected chi connectivity index (χ2v) is 14.6. The summed E-state index contributed by atoms with van der Waals surface area (Å²) in [6.07, 6.45) is 19.5. The molecule has 5 aromatic carbocycles. The van der Waals surface area contributed by atoms with Crippen LogP contribution in [0, 0.1) is 5.92 Å². The molecule has 0 saturated heterocycles. The first-order valence-corrected chi connectivity index (χ1v) is 18.2. The first-order chi connectivity index (χ1) is 24.9. The predicted octanol–water partition coefficient (Wildman–Crippen LogP) is 11.7. The highest BCUT2D eigenvalue weighted by Gasteiger charge is 2.24. The highest BCUT2D eigenvalue weighted by Crippen LogP contribution is 2.41. The molecular formula is C48H43N3. The highest BCUT2D eigenvalue weighted by molar-refractivity contribution is 6.20. The smallest absolute Gasteiger partial charge is 0.0709 e. The average molecular weight is 662 g/mol. The summed E-state index contributed by atoms with van der Waals surface area (Å²) in [5, 5.41) is 5.11. The third-order valence-corrected chi connectivity index (χ3v) is 11.0. The van der Waals surface area contributed by atoms with Gasteiger partial charge in [0.05, 0.1) is 17.1 Å². The lowest BCUT2D eigenvalue weighted by atomic mass is 9.91. The van der Waals surface area contributed by atoms with Crippen LogP contribution in [0.15, 0.2) is 163 Å². The molecule has 0 N–H and O–H groups in total. The van der Waals surface area contributed by atoms with Gasteiger partial charge in [0.25, 0.3) is 0 Å². The van der Waals surface area contributed by atoms with Gasteiger partial charge in [0.1, 0.15) is 0 Å². The molecule has 0 radical (unpaired) electrons. The van der Waals surface area contributed by atoms with Gasteiger partial charge in [-0.15, -0.1) is 0 Å². The normalized spacial score (nSPS) is 19.1. The minimum atomic E-state index is 0.229. The number of likely N-dealkylation sites (N-methyl/N-ethyl adjacent to an activating group) is 2. The van der Waals surface area contributed by atoms with Crippen LogP contribution in [0.2, 0.25) is 0 Å². The van der Waals surface area contributed by atoms with Gasteiger partial charge in [-0.1, -0.05) is 110 Å². The van der Waals surface area contributed by atoms with Gasteiger partial charge in [0, 0.05) is 48.7 Å². The Hall–Kier alpha value is -5.80. The molecular weight excluding hydrogens is 619 g/mol. The van der Waals surface area contributed by atoms with Gasteiger partial charge >= 0.3 is 0 Å². The summed E-state index contributed by atoms with van der Waals surface area (Å²) in [5.41, 5.74) is 14.0. The summed E-state index contributed by atoms with van der Waals surface area (Å²) >= 11 is 0. The molecule has 0 bridgehead atoms. The standard InChI is InChI=1S/C48H43N3/c1-32-10-8-15-41(26-32)51-47-30-38(36-14-9-13-35(27-36)34-11-6-5-7-12-34)17-20-43(47)44-21-18-40-28-37(16-19-42(40)48(44)51)39-23-25-50(4)46(29-39)45-31-49(3)24-22-33(45)2/h5-9,11-30,32,46H,10,31H2,1-4H3. The van der Waals surface area contributed by atoms with E-state index in [1.54, 1.807) is 0 Å². The second kappa shape index (κ2) is 12.5. The fourth-order valence-corrected chi connectivity index (χ4v) is 8.23. The van der Waals surface area contributed by atoms with Crippen molar-refractivity contribution >= 4 is 43.8 Å². The molecule has 0 spiro atoms. The van der Waals surface area contributed by atoms with Crippen molar-refractivity contribution in [3.05, 3.63) is 169 Å². The molecule has 3 aliphatic rings. The topological polar surface area (TPSA) is 11.4 Å². The van der Waals surface area contributed by atoms with E-state index < -0.39 is 0 Å². The maximum atomic E-state index is 2.52. The third kappa shape index (κ3) is 5.54. The van der Waals surface area contributed by atoms with Gasteiger partial charge in [-0.25, -0.2) is 0 Å². The number of allylic oxidation sites excluding steroid dienone is 8. The maximum Gasteiger partial charge on any atom is 0.0709 e. The van der Waals surface area contributed by atoms with E-state index in [0.717, 1.165) is 13.0 Å². The number of benzene rings is 5. The van der Waals surface area contributed by atoms with Gasteiger partial charge in [-0.2, -0.15) is 0 Å². The molecule has 2 atom stereocenters. The van der Waals surface area contributed by atoms with Crippen LogP contribution in [0.1, 0.15) is 25.8 Å². The van der Waals surface area contributed by atoms with E-state index in [9.17, 15) is 0 Å². The Kier molecular flexibility index (Phi) is 7.65. The Morgan fingerprint density at radius 2 is 1.37 bits per heavy atom. The first-order valence-electron chi connectivity index (χ1n) is 18.2. The van der Waals surface area contributed by atoms with Gasteiger partial charge in [0.15, 0.2) is 0 Å². The molecule has 3 heterocycles. The van der Waals surface area contributed by atoms with E-state index in [1.165, 1.54) is 82.8 Å². The van der Waals surface area contributed by atoms with Gasteiger partial charge < -0.3 is 14.4 Å². The number of rotatable bonds is 5. The third-order valence-electron chi connectivity index (χ3n) is 11.0. The number of hydrogen-bond acceptors (Lipinski definition) is 2. The summed E-state index contributed by atoms with van der Waals surface area (Å²) in [5.74, 6) is 0.485. The summed E-state index contributed by atoms with van der Waals surface area (Å²) in [6, 6.07) is 38.6. The summed E-state index contributed by atoms with van der Waals surface area (Å²) < 4.78 is 2.52. The Bertz CT molecular complexity index is 2530.